The first-order valence-corrected chi connectivity index (χ1v) is 7.18. The molecule has 106 valence electrons. The third-order valence-electron chi connectivity index (χ3n) is 3.77. The number of ether oxygens (including phenoxy) is 1. The van der Waals surface area contributed by atoms with E-state index in [1.165, 1.54) is 0 Å². The number of morpholine rings is 1. The van der Waals surface area contributed by atoms with Crippen LogP contribution in [0.15, 0.2) is 18.3 Å². The SMILES string of the molecule is CCC(O)c1ccc(N2CC(C)OCC2CC)cn1. The second-order valence-electron chi connectivity index (χ2n) is 5.22. The summed E-state index contributed by atoms with van der Waals surface area (Å²) >= 11 is 0. The van der Waals surface area contributed by atoms with Crippen LogP contribution in [0.1, 0.15) is 45.4 Å². The van der Waals surface area contributed by atoms with Gasteiger partial charge in [-0.05, 0) is 31.9 Å². The number of aromatic nitrogens is 1. The molecule has 1 aromatic rings. The van der Waals surface area contributed by atoms with Gasteiger partial charge in [0.2, 0.25) is 0 Å². The predicted molar refractivity (Wildman–Crippen MR) is 76.3 cm³/mol. The van der Waals surface area contributed by atoms with Crippen LogP contribution in [0.4, 0.5) is 5.69 Å². The molecule has 1 aliphatic heterocycles. The number of hydrogen-bond acceptors (Lipinski definition) is 4. The first-order valence-electron chi connectivity index (χ1n) is 7.18. The molecule has 1 aromatic heterocycles. The molecule has 2 rings (SSSR count). The molecule has 4 heteroatoms. The third kappa shape index (κ3) is 3.25. The average molecular weight is 264 g/mol. The Hall–Kier alpha value is -1.13. The van der Waals surface area contributed by atoms with E-state index in [-0.39, 0.29) is 6.10 Å². The number of anilines is 1. The second-order valence-corrected chi connectivity index (χ2v) is 5.22. The fourth-order valence-electron chi connectivity index (χ4n) is 2.47. The largest absolute Gasteiger partial charge is 0.387 e. The molecule has 0 spiro atoms. The van der Waals surface area contributed by atoms with Crippen LogP contribution in [-0.4, -0.2) is 35.4 Å². The van der Waals surface area contributed by atoms with Crippen molar-refractivity contribution < 1.29 is 9.84 Å². The van der Waals surface area contributed by atoms with E-state index in [2.05, 4.69) is 29.8 Å². The van der Waals surface area contributed by atoms with E-state index < -0.39 is 6.10 Å². The summed E-state index contributed by atoms with van der Waals surface area (Å²) in [6.07, 6.45) is 3.42. The Balaban J connectivity index is 2.15. The minimum Gasteiger partial charge on any atom is -0.387 e. The Morgan fingerprint density at radius 1 is 1.47 bits per heavy atom. The quantitative estimate of drug-likeness (QED) is 0.907. The van der Waals surface area contributed by atoms with Gasteiger partial charge in [-0.1, -0.05) is 13.8 Å². The van der Waals surface area contributed by atoms with Gasteiger partial charge in [0.1, 0.15) is 0 Å². The molecule has 1 fully saturated rings. The maximum Gasteiger partial charge on any atom is 0.0957 e. The van der Waals surface area contributed by atoms with Crippen LogP contribution >= 0.6 is 0 Å². The zero-order chi connectivity index (χ0) is 13.8. The van der Waals surface area contributed by atoms with E-state index in [1.54, 1.807) is 0 Å². The lowest BCUT2D eigenvalue weighted by Crippen LogP contribution is -2.48. The number of aliphatic hydroxyl groups is 1. The molecule has 1 N–H and O–H groups in total. The Kier molecular flexibility index (Phi) is 4.77. The zero-order valence-corrected chi connectivity index (χ0v) is 12.0. The van der Waals surface area contributed by atoms with Crippen LogP contribution in [0.3, 0.4) is 0 Å². The van der Waals surface area contributed by atoms with Crippen molar-refractivity contribution in [3.8, 4) is 0 Å². The summed E-state index contributed by atoms with van der Waals surface area (Å²) in [5.41, 5.74) is 1.87. The molecule has 3 atom stereocenters. The van der Waals surface area contributed by atoms with Gasteiger partial charge >= 0.3 is 0 Å². The van der Waals surface area contributed by atoms with E-state index >= 15 is 0 Å². The van der Waals surface area contributed by atoms with Gasteiger partial charge in [0.05, 0.1) is 42.4 Å². The Morgan fingerprint density at radius 3 is 2.84 bits per heavy atom. The van der Waals surface area contributed by atoms with Crippen molar-refractivity contribution >= 4 is 5.69 Å². The smallest absolute Gasteiger partial charge is 0.0957 e. The summed E-state index contributed by atoms with van der Waals surface area (Å²) in [4.78, 5) is 6.75. The maximum absolute atomic E-state index is 9.77. The number of hydrogen-bond donors (Lipinski definition) is 1. The van der Waals surface area contributed by atoms with Gasteiger partial charge in [0.15, 0.2) is 0 Å². The fraction of sp³-hybridized carbons (Fsp3) is 0.667. The Morgan fingerprint density at radius 2 is 2.26 bits per heavy atom. The normalized spacial score (nSPS) is 25.4. The first-order chi connectivity index (χ1) is 9.15. The summed E-state index contributed by atoms with van der Waals surface area (Å²) < 4.78 is 5.71. The average Bonchev–Trinajstić information content (AvgIpc) is 2.46. The number of aliphatic hydroxyl groups excluding tert-OH is 1. The van der Waals surface area contributed by atoms with Crippen molar-refractivity contribution in [2.45, 2.75) is 51.9 Å². The van der Waals surface area contributed by atoms with E-state index in [4.69, 9.17) is 4.74 Å². The lowest BCUT2D eigenvalue weighted by Gasteiger charge is -2.39. The van der Waals surface area contributed by atoms with Gasteiger partial charge in [0, 0.05) is 6.54 Å². The molecule has 0 bridgehead atoms. The molecular formula is C15H24N2O2. The topological polar surface area (TPSA) is 45.6 Å². The van der Waals surface area contributed by atoms with Crippen LogP contribution in [0.25, 0.3) is 0 Å². The first kappa shape index (κ1) is 14.3. The molecule has 0 aliphatic carbocycles. The highest BCUT2D eigenvalue weighted by Gasteiger charge is 2.25. The van der Waals surface area contributed by atoms with Gasteiger partial charge in [0.25, 0.3) is 0 Å². The van der Waals surface area contributed by atoms with Gasteiger partial charge in [-0.25, -0.2) is 0 Å². The molecule has 0 aromatic carbocycles. The minimum atomic E-state index is -0.459. The Bertz CT molecular complexity index is 394. The number of nitrogens with zero attached hydrogens (tertiary/aromatic N) is 2. The summed E-state index contributed by atoms with van der Waals surface area (Å²) in [6, 6.07) is 4.40. The molecule has 4 nitrogen and oxygen atoms in total. The van der Waals surface area contributed by atoms with Crippen molar-refractivity contribution in [3.63, 3.8) is 0 Å². The summed E-state index contributed by atoms with van der Waals surface area (Å²) in [6.45, 7) is 7.91. The highest BCUT2D eigenvalue weighted by molar-refractivity contribution is 5.46. The molecule has 1 saturated heterocycles. The zero-order valence-electron chi connectivity index (χ0n) is 12.0. The van der Waals surface area contributed by atoms with Crippen LogP contribution in [0, 0.1) is 0 Å². The van der Waals surface area contributed by atoms with E-state index in [0.29, 0.717) is 12.5 Å². The van der Waals surface area contributed by atoms with Gasteiger partial charge in [-0.3, -0.25) is 4.98 Å². The minimum absolute atomic E-state index is 0.253. The van der Waals surface area contributed by atoms with Gasteiger partial charge in [-0.2, -0.15) is 0 Å². The summed E-state index contributed by atoms with van der Waals surface area (Å²) in [5, 5.41) is 9.77. The number of rotatable bonds is 4. The van der Waals surface area contributed by atoms with Crippen molar-refractivity contribution in [2.24, 2.45) is 0 Å². The molecule has 0 amide bonds. The molecule has 2 heterocycles. The van der Waals surface area contributed by atoms with Crippen molar-refractivity contribution in [1.82, 2.24) is 4.98 Å². The number of pyridine rings is 1. The molecule has 19 heavy (non-hydrogen) atoms. The molecule has 0 saturated carbocycles. The van der Waals surface area contributed by atoms with Crippen molar-refractivity contribution in [1.29, 1.82) is 0 Å². The van der Waals surface area contributed by atoms with E-state index in [0.717, 1.165) is 31.0 Å². The predicted octanol–water partition coefficient (Wildman–Crippen LogP) is 2.53. The molecule has 1 aliphatic rings. The van der Waals surface area contributed by atoms with Crippen LogP contribution < -0.4 is 4.90 Å². The van der Waals surface area contributed by atoms with Crippen LogP contribution in [0.2, 0.25) is 0 Å². The van der Waals surface area contributed by atoms with Crippen LogP contribution in [-0.2, 0) is 4.74 Å². The van der Waals surface area contributed by atoms with Crippen molar-refractivity contribution in [2.75, 3.05) is 18.1 Å². The van der Waals surface area contributed by atoms with E-state index in [1.807, 2.05) is 19.2 Å². The van der Waals surface area contributed by atoms with E-state index in [9.17, 15) is 5.11 Å². The Labute approximate surface area is 115 Å². The summed E-state index contributed by atoms with van der Waals surface area (Å²) in [5.74, 6) is 0. The summed E-state index contributed by atoms with van der Waals surface area (Å²) in [7, 11) is 0. The monoisotopic (exact) mass is 264 g/mol. The standard InChI is InChI=1S/C15H24N2O2/c1-4-12-10-19-11(3)9-17(12)13-6-7-14(16-8-13)15(18)5-2/h6-8,11-12,15,18H,4-5,9-10H2,1-3H3. The molecule has 3 unspecified atom stereocenters. The highest BCUT2D eigenvalue weighted by atomic mass is 16.5. The highest BCUT2D eigenvalue weighted by Crippen LogP contribution is 2.24. The van der Waals surface area contributed by atoms with Gasteiger partial charge in [-0.15, -0.1) is 0 Å². The lowest BCUT2D eigenvalue weighted by molar-refractivity contribution is 0.0299. The maximum atomic E-state index is 9.77. The fourth-order valence-corrected chi connectivity index (χ4v) is 2.47. The van der Waals surface area contributed by atoms with Gasteiger partial charge < -0.3 is 14.7 Å². The second kappa shape index (κ2) is 6.35. The van der Waals surface area contributed by atoms with Crippen LogP contribution in [0.5, 0.6) is 0 Å². The molecule has 0 radical (unpaired) electrons. The van der Waals surface area contributed by atoms with Crippen molar-refractivity contribution in [3.05, 3.63) is 24.0 Å². The third-order valence-corrected chi connectivity index (χ3v) is 3.77. The lowest BCUT2D eigenvalue weighted by atomic mass is 10.1. The molecular weight excluding hydrogens is 240 g/mol.